The normalized spacial score (nSPS) is 39.3. The van der Waals surface area contributed by atoms with Crippen molar-refractivity contribution in [3.05, 3.63) is 10.1 Å². The van der Waals surface area contributed by atoms with E-state index in [-0.39, 0.29) is 11.0 Å². The first-order valence-electron chi connectivity index (χ1n) is 5.06. The van der Waals surface area contributed by atoms with E-state index >= 15 is 0 Å². The lowest BCUT2D eigenvalue weighted by Crippen LogP contribution is -2.30. The van der Waals surface area contributed by atoms with Gasteiger partial charge in [-0.15, -0.1) is 0 Å². The second kappa shape index (κ2) is 3.25. The van der Waals surface area contributed by atoms with Gasteiger partial charge < -0.3 is 4.90 Å². The van der Waals surface area contributed by atoms with Gasteiger partial charge in [-0.3, -0.25) is 10.1 Å². The van der Waals surface area contributed by atoms with Gasteiger partial charge >= 0.3 is 0 Å². The molecule has 3 atom stereocenters. The Hall–Kier alpha value is -0.640. The minimum atomic E-state index is -0.229. The highest BCUT2D eigenvalue weighted by Crippen LogP contribution is 2.35. The van der Waals surface area contributed by atoms with Crippen LogP contribution in [0.15, 0.2) is 0 Å². The molecule has 1 heterocycles. The lowest BCUT2D eigenvalue weighted by Gasteiger charge is -2.19. The number of nitrogens with zero attached hydrogens (tertiary/aromatic N) is 2. The molecule has 0 aromatic heterocycles. The van der Waals surface area contributed by atoms with E-state index in [9.17, 15) is 10.1 Å². The molecule has 0 amide bonds. The molecule has 2 rings (SSSR count). The molecular weight excluding hydrogens is 168 g/mol. The van der Waals surface area contributed by atoms with Crippen molar-refractivity contribution in [1.29, 1.82) is 0 Å². The molecule has 0 N–H and O–H groups in total. The number of rotatable bonds is 3. The van der Waals surface area contributed by atoms with Gasteiger partial charge in [-0.05, 0) is 26.3 Å². The van der Waals surface area contributed by atoms with E-state index in [1.807, 2.05) is 0 Å². The first-order valence-corrected chi connectivity index (χ1v) is 5.06. The molecule has 13 heavy (non-hydrogen) atoms. The van der Waals surface area contributed by atoms with Gasteiger partial charge in [0.2, 0.25) is 6.04 Å². The predicted octanol–water partition coefficient (Wildman–Crippen LogP) is 1.14. The van der Waals surface area contributed by atoms with Crippen LogP contribution in [0.5, 0.6) is 0 Å². The molecule has 1 saturated heterocycles. The molecule has 0 spiro atoms. The number of nitro groups is 1. The lowest BCUT2D eigenvalue weighted by atomic mass is 10.2. The summed E-state index contributed by atoms with van der Waals surface area (Å²) in [6, 6.07) is 0.417. The zero-order chi connectivity index (χ0) is 9.42. The molecule has 0 aromatic rings. The van der Waals surface area contributed by atoms with Crippen LogP contribution in [0.2, 0.25) is 0 Å². The molecule has 74 valence electrons. The van der Waals surface area contributed by atoms with Gasteiger partial charge in [-0.2, -0.15) is 0 Å². The van der Waals surface area contributed by atoms with E-state index in [1.54, 1.807) is 0 Å². The van der Waals surface area contributed by atoms with Gasteiger partial charge in [0, 0.05) is 29.8 Å². The van der Waals surface area contributed by atoms with E-state index in [4.69, 9.17) is 0 Å². The summed E-state index contributed by atoms with van der Waals surface area (Å²) >= 11 is 0. The number of hydrogen-bond acceptors (Lipinski definition) is 3. The molecule has 2 fully saturated rings. The molecule has 0 aromatic carbocycles. The third-order valence-corrected chi connectivity index (χ3v) is 3.32. The van der Waals surface area contributed by atoms with Crippen LogP contribution in [-0.2, 0) is 0 Å². The van der Waals surface area contributed by atoms with Crippen molar-refractivity contribution in [1.82, 2.24) is 4.90 Å². The zero-order valence-electron chi connectivity index (χ0n) is 7.98. The minimum absolute atomic E-state index is 0.120. The third-order valence-electron chi connectivity index (χ3n) is 3.32. The second-order valence-corrected chi connectivity index (χ2v) is 4.33. The van der Waals surface area contributed by atoms with E-state index in [0.29, 0.717) is 12.0 Å². The summed E-state index contributed by atoms with van der Waals surface area (Å²) in [7, 11) is 0. The third kappa shape index (κ3) is 1.82. The van der Waals surface area contributed by atoms with Crippen LogP contribution >= 0.6 is 0 Å². The van der Waals surface area contributed by atoms with Crippen LogP contribution in [0.1, 0.15) is 26.2 Å². The van der Waals surface area contributed by atoms with Gasteiger partial charge in [0.15, 0.2) is 0 Å². The highest BCUT2D eigenvalue weighted by atomic mass is 16.6. The van der Waals surface area contributed by atoms with Gasteiger partial charge in [0.05, 0.1) is 0 Å². The van der Waals surface area contributed by atoms with E-state index in [1.165, 1.54) is 12.8 Å². The van der Waals surface area contributed by atoms with Crippen LogP contribution in [0.25, 0.3) is 0 Å². The Kier molecular flexibility index (Phi) is 2.24. The van der Waals surface area contributed by atoms with Gasteiger partial charge in [0.1, 0.15) is 0 Å². The predicted molar refractivity (Wildman–Crippen MR) is 49.2 cm³/mol. The summed E-state index contributed by atoms with van der Waals surface area (Å²) in [4.78, 5) is 12.7. The van der Waals surface area contributed by atoms with Crippen LogP contribution in [0.3, 0.4) is 0 Å². The topological polar surface area (TPSA) is 46.4 Å². The summed E-state index contributed by atoms with van der Waals surface area (Å²) < 4.78 is 0. The summed E-state index contributed by atoms with van der Waals surface area (Å²) in [6.07, 6.45) is 3.32. The van der Waals surface area contributed by atoms with Gasteiger partial charge in [-0.1, -0.05) is 0 Å². The highest BCUT2D eigenvalue weighted by molar-refractivity contribution is 4.91. The average molecular weight is 184 g/mol. The van der Waals surface area contributed by atoms with Crippen molar-refractivity contribution in [2.24, 2.45) is 5.92 Å². The van der Waals surface area contributed by atoms with Crippen LogP contribution in [0, 0.1) is 16.0 Å². The fourth-order valence-electron chi connectivity index (χ4n) is 2.25. The van der Waals surface area contributed by atoms with Crippen molar-refractivity contribution in [3.63, 3.8) is 0 Å². The second-order valence-electron chi connectivity index (χ2n) is 4.33. The largest absolute Gasteiger partial charge is 0.300 e. The highest BCUT2D eigenvalue weighted by Gasteiger charge is 2.49. The van der Waals surface area contributed by atoms with E-state index < -0.39 is 0 Å². The fraction of sp³-hybridized carbons (Fsp3) is 1.00. The molecular formula is C9H16N2O2. The Morgan fingerprint density at radius 3 is 2.85 bits per heavy atom. The smallest absolute Gasteiger partial charge is 0.218 e. The number of hydrogen-bond donors (Lipinski definition) is 0. The Labute approximate surface area is 78.1 Å². The Bertz CT molecular complexity index is 220. The number of likely N-dealkylation sites (tertiary alicyclic amines) is 1. The SMILES string of the molecule is C[C@H]1CCCN1C[C@@H]1CC1[N+](=O)[O-]. The molecule has 0 radical (unpaired) electrons. The van der Waals surface area contributed by atoms with Crippen molar-refractivity contribution in [2.75, 3.05) is 13.1 Å². The summed E-state index contributed by atoms with van der Waals surface area (Å²) in [5.74, 6) is 0.343. The van der Waals surface area contributed by atoms with E-state index in [2.05, 4.69) is 11.8 Å². The maximum Gasteiger partial charge on any atom is 0.218 e. The standard InChI is InChI=1S/C9H16N2O2/c1-7-3-2-4-10(7)6-8-5-9(8)11(12)13/h7-9H,2-6H2,1H3/t7-,8-,9?/m0/s1. The maximum absolute atomic E-state index is 10.4. The fourth-order valence-corrected chi connectivity index (χ4v) is 2.25. The monoisotopic (exact) mass is 184 g/mol. The molecule has 4 nitrogen and oxygen atoms in total. The molecule has 2 aliphatic rings. The summed E-state index contributed by atoms with van der Waals surface area (Å²) in [5, 5.41) is 10.4. The first kappa shape index (κ1) is 8.94. The summed E-state index contributed by atoms with van der Waals surface area (Å²) in [6.45, 7) is 4.31. The Morgan fingerprint density at radius 2 is 2.38 bits per heavy atom. The molecule has 1 unspecified atom stereocenters. The molecule has 1 saturated carbocycles. The maximum atomic E-state index is 10.4. The molecule has 1 aliphatic heterocycles. The molecule has 0 bridgehead atoms. The zero-order valence-corrected chi connectivity index (χ0v) is 7.98. The minimum Gasteiger partial charge on any atom is -0.300 e. The van der Waals surface area contributed by atoms with Crippen LogP contribution < -0.4 is 0 Å². The van der Waals surface area contributed by atoms with Crippen LogP contribution in [0.4, 0.5) is 0 Å². The van der Waals surface area contributed by atoms with Crippen molar-refractivity contribution >= 4 is 0 Å². The Balaban J connectivity index is 1.77. The van der Waals surface area contributed by atoms with Gasteiger partial charge in [-0.25, -0.2) is 0 Å². The molecule has 1 aliphatic carbocycles. The quantitative estimate of drug-likeness (QED) is 0.488. The van der Waals surface area contributed by atoms with Crippen molar-refractivity contribution in [3.8, 4) is 0 Å². The first-order chi connectivity index (χ1) is 6.18. The Morgan fingerprint density at radius 1 is 1.62 bits per heavy atom. The summed E-state index contributed by atoms with van der Waals surface area (Å²) in [5.41, 5.74) is 0. The molecule has 4 heteroatoms. The van der Waals surface area contributed by atoms with Crippen molar-refractivity contribution < 1.29 is 4.92 Å². The van der Waals surface area contributed by atoms with E-state index in [0.717, 1.165) is 19.5 Å². The van der Waals surface area contributed by atoms with Crippen LogP contribution in [-0.4, -0.2) is 35.0 Å². The van der Waals surface area contributed by atoms with Crippen molar-refractivity contribution in [2.45, 2.75) is 38.3 Å². The lowest BCUT2D eigenvalue weighted by molar-refractivity contribution is -0.498. The van der Waals surface area contributed by atoms with Gasteiger partial charge in [0.25, 0.3) is 0 Å². The average Bonchev–Trinajstić information content (AvgIpc) is 2.72.